The van der Waals surface area contributed by atoms with Gasteiger partial charge >= 0.3 is 0 Å². The van der Waals surface area contributed by atoms with Crippen molar-refractivity contribution in [3.05, 3.63) is 54.4 Å². The maximum Gasteiger partial charge on any atom is 0.240 e. The fraction of sp³-hybridized carbons (Fsp3) is 0.294. The number of rotatable bonds is 6. The Kier molecular flexibility index (Phi) is 4.34. The van der Waals surface area contributed by atoms with Crippen LogP contribution in [0.25, 0.3) is 10.9 Å². The van der Waals surface area contributed by atoms with Gasteiger partial charge < -0.3 is 10.1 Å². The maximum absolute atomic E-state index is 5.44. The molecular weight excluding hydrogens is 276 g/mol. The molecule has 2 heterocycles. The molecule has 5 nitrogen and oxygen atoms in total. The third-order valence-corrected chi connectivity index (χ3v) is 3.81. The highest BCUT2D eigenvalue weighted by molar-refractivity contribution is 5.84. The third-order valence-electron chi connectivity index (χ3n) is 3.81. The predicted molar refractivity (Wildman–Crippen MR) is 87.2 cm³/mol. The number of nitrogens with zero attached hydrogens (tertiary/aromatic N) is 3. The lowest BCUT2D eigenvalue weighted by Crippen LogP contribution is -2.19. The summed E-state index contributed by atoms with van der Waals surface area (Å²) < 4.78 is 7.48. The van der Waals surface area contributed by atoms with E-state index in [0.717, 1.165) is 29.4 Å². The number of aromatic nitrogens is 3. The normalized spacial score (nSPS) is 12.5. The number of nitrogens with one attached hydrogen (secondary N) is 1. The second-order valence-corrected chi connectivity index (χ2v) is 5.17. The van der Waals surface area contributed by atoms with Gasteiger partial charge in [0.05, 0.1) is 24.1 Å². The van der Waals surface area contributed by atoms with Gasteiger partial charge in [0.1, 0.15) is 0 Å². The van der Waals surface area contributed by atoms with E-state index in [1.165, 1.54) is 0 Å². The van der Waals surface area contributed by atoms with E-state index in [9.17, 15) is 0 Å². The molecule has 0 spiro atoms. The second kappa shape index (κ2) is 6.58. The molecule has 3 rings (SSSR count). The molecule has 0 radical (unpaired) electrons. The van der Waals surface area contributed by atoms with Crippen LogP contribution in [0, 0.1) is 0 Å². The molecule has 1 unspecified atom stereocenters. The number of fused-ring (bicyclic) bond motifs is 1. The van der Waals surface area contributed by atoms with Crippen molar-refractivity contribution < 1.29 is 4.74 Å². The molecule has 1 aromatic carbocycles. The van der Waals surface area contributed by atoms with Crippen molar-refractivity contribution in [2.75, 3.05) is 20.7 Å². The lowest BCUT2D eigenvalue weighted by Gasteiger charge is -2.18. The molecule has 114 valence electrons. The van der Waals surface area contributed by atoms with Crippen molar-refractivity contribution in [1.82, 2.24) is 20.1 Å². The van der Waals surface area contributed by atoms with Crippen LogP contribution < -0.4 is 10.1 Å². The molecule has 0 saturated carbocycles. The molecule has 22 heavy (non-hydrogen) atoms. The Labute approximate surface area is 129 Å². The predicted octanol–water partition coefficient (Wildman–Crippen LogP) is 2.64. The van der Waals surface area contributed by atoms with Crippen LogP contribution in [0.5, 0.6) is 5.88 Å². The molecular formula is C17H20N4O. The van der Waals surface area contributed by atoms with Crippen molar-refractivity contribution in [3.63, 3.8) is 0 Å². The first-order valence-electron chi connectivity index (χ1n) is 7.41. The Balaban J connectivity index is 2.12. The molecule has 1 N–H and O–H groups in total. The molecule has 1 atom stereocenters. The van der Waals surface area contributed by atoms with Crippen LogP contribution in [-0.2, 0) is 0 Å². The molecule has 3 aromatic rings. The van der Waals surface area contributed by atoms with Crippen molar-refractivity contribution in [3.8, 4) is 5.88 Å². The standard InChI is InChI=1S/C17H20N4O/c1-18-11-9-15(13-6-5-10-19-12-13)21-16-8-4-3-7-14(16)17(20-21)22-2/h3-8,10,12,15,18H,9,11H2,1-2H3. The van der Waals surface area contributed by atoms with Crippen LogP contribution in [0.1, 0.15) is 18.0 Å². The fourth-order valence-electron chi connectivity index (χ4n) is 2.73. The van der Waals surface area contributed by atoms with Gasteiger partial charge in [-0.15, -0.1) is 5.10 Å². The zero-order valence-corrected chi connectivity index (χ0v) is 12.9. The van der Waals surface area contributed by atoms with Gasteiger partial charge in [-0.05, 0) is 43.8 Å². The minimum Gasteiger partial charge on any atom is -0.479 e. The number of benzene rings is 1. The summed E-state index contributed by atoms with van der Waals surface area (Å²) in [6, 6.07) is 12.3. The quantitative estimate of drug-likeness (QED) is 0.760. The molecule has 0 fully saturated rings. The minimum atomic E-state index is 0.120. The first-order chi connectivity index (χ1) is 10.8. The van der Waals surface area contributed by atoms with Crippen LogP contribution in [0.2, 0.25) is 0 Å². The number of hydrogen-bond acceptors (Lipinski definition) is 4. The van der Waals surface area contributed by atoms with E-state index < -0.39 is 0 Å². The van der Waals surface area contributed by atoms with Gasteiger partial charge in [0, 0.05) is 12.4 Å². The zero-order chi connectivity index (χ0) is 15.4. The molecule has 0 amide bonds. The van der Waals surface area contributed by atoms with Crippen LogP contribution >= 0.6 is 0 Å². The highest BCUT2D eigenvalue weighted by atomic mass is 16.5. The topological polar surface area (TPSA) is 52.0 Å². The number of para-hydroxylation sites is 1. The minimum absolute atomic E-state index is 0.120. The Morgan fingerprint density at radius 2 is 2.09 bits per heavy atom. The zero-order valence-electron chi connectivity index (χ0n) is 12.9. The van der Waals surface area contributed by atoms with E-state index in [1.807, 2.05) is 42.2 Å². The first-order valence-corrected chi connectivity index (χ1v) is 7.41. The fourth-order valence-corrected chi connectivity index (χ4v) is 2.73. The van der Waals surface area contributed by atoms with Gasteiger partial charge in [-0.2, -0.15) is 0 Å². The Morgan fingerprint density at radius 3 is 2.82 bits per heavy atom. The Bertz CT molecular complexity index is 739. The SMILES string of the molecule is CNCCC(c1cccnc1)n1nc(OC)c2ccccc21. The van der Waals surface area contributed by atoms with Gasteiger partial charge in [-0.1, -0.05) is 18.2 Å². The monoisotopic (exact) mass is 296 g/mol. The van der Waals surface area contributed by atoms with Gasteiger partial charge in [0.15, 0.2) is 0 Å². The van der Waals surface area contributed by atoms with E-state index in [2.05, 4.69) is 27.5 Å². The summed E-state index contributed by atoms with van der Waals surface area (Å²) >= 11 is 0. The van der Waals surface area contributed by atoms with E-state index in [1.54, 1.807) is 13.3 Å². The van der Waals surface area contributed by atoms with Crippen LogP contribution in [0.4, 0.5) is 0 Å². The van der Waals surface area contributed by atoms with E-state index >= 15 is 0 Å². The van der Waals surface area contributed by atoms with Crippen molar-refractivity contribution >= 4 is 10.9 Å². The lowest BCUT2D eigenvalue weighted by molar-refractivity contribution is 0.383. The second-order valence-electron chi connectivity index (χ2n) is 5.17. The summed E-state index contributed by atoms with van der Waals surface area (Å²) in [5.41, 5.74) is 2.22. The third kappa shape index (κ3) is 2.67. The van der Waals surface area contributed by atoms with E-state index in [0.29, 0.717) is 5.88 Å². The summed E-state index contributed by atoms with van der Waals surface area (Å²) in [4.78, 5) is 4.25. The average Bonchev–Trinajstić information content (AvgIpc) is 2.95. The molecule has 0 aliphatic carbocycles. The van der Waals surface area contributed by atoms with Crippen molar-refractivity contribution in [1.29, 1.82) is 0 Å². The molecule has 0 bridgehead atoms. The van der Waals surface area contributed by atoms with E-state index in [-0.39, 0.29) is 6.04 Å². The number of ether oxygens (including phenoxy) is 1. The molecule has 0 saturated heterocycles. The maximum atomic E-state index is 5.44. The van der Waals surface area contributed by atoms with Crippen LogP contribution in [0.3, 0.4) is 0 Å². The summed E-state index contributed by atoms with van der Waals surface area (Å²) in [6.07, 6.45) is 4.63. The molecule has 0 aliphatic heterocycles. The lowest BCUT2D eigenvalue weighted by atomic mass is 10.1. The van der Waals surface area contributed by atoms with Crippen LogP contribution in [-0.4, -0.2) is 35.5 Å². The molecule has 2 aromatic heterocycles. The van der Waals surface area contributed by atoms with Gasteiger partial charge in [0.2, 0.25) is 5.88 Å². The Morgan fingerprint density at radius 1 is 1.23 bits per heavy atom. The van der Waals surface area contributed by atoms with Gasteiger partial charge in [0.25, 0.3) is 0 Å². The highest BCUT2D eigenvalue weighted by Crippen LogP contribution is 2.30. The number of methoxy groups -OCH3 is 1. The number of hydrogen-bond donors (Lipinski definition) is 1. The summed E-state index contributed by atoms with van der Waals surface area (Å²) in [7, 11) is 3.62. The highest BCUT2D eigenvalue weighted by Gasteiger charge is 2.19. The molecule has 5 heteroatoms. The van der Waals surface area contributed by atoms with Crippen molar-refractivity contribution in [2.45, 2.75) is 12.5 Å². The molecule has 0 aliphatic rings. The van der Waals surface area contributed by atoms with Crippen LogP contribution in [0.15, 0.2) is 48.8 Å². The summed E-state index contributed by atoms with van der Waals surface area (Å²) in [5, 5.41) is 8.92. The largest absolute Gasteiger partial charge is 0.479 e. The van der Waals surface area contributed by atoms with Gasteiger partial charge in [-0.3, -0.25) is 9.67 Å². The first kappa shape index (κ1) is 14.5. The van der Waals surface area contributed by atoms with E-state index in [4.69, 9.17) is 4.74 Å². The smallest absolute Gasteiger partial charge is 0.240 e. The number of pyridine rings is 1. The Hall–Kier alpha value is -2.40. The van der Waals surface area contributed by atoms with Gasteiger partial charge in [-0.25, -0.2) is 0 Å². The summed E-state index contributed by atoms with van der Waals surface area (Å²) in [5.74, 6) is 0.661. The van der Waals surface area contributed by atoms with Crippen molar-refractivity contribution in [2.24, 2.45) is 0 Å². The summed E-state index contributed by atoms with van der Waals surface area (Å²) in [6.45, 7) is 0.899. The average molecular weight is 296 g/mol.